The number of benzene rings is 1. The summed E-state index contributed by atoms with van der Waals surface area (Å²) in [5.41, 5.74) is 2.40. The number of nitrogens with zero attached hydrogens (tertiary/aromatic N) is 1. The van der Waals surface area contributed by atoms with Crippen molar-refractivity contribution in [1.29, 1.82) is 0 Å². The first-order valence-electron chi connectivity index (χ1n) is 7.49. The molecule has 5 nitrogen and oxygen atoms in total. The van der Waals surface area contributed by atoms with Crippen molar-refractivity contribution in [2.75, 3.05) is 45.3 Å². The maximum Gasteiger partial charge on any atom is 0.314 e. The molecule has 0 aliphatic heterocycles. The van der Waals surface area contributed by atoms with E-state index in [0.717, 1.165) is 19.4 Å². The molecule has 118 valence electrons. The molecule has 0 spiro atoms. The summed E-state index contributed by atoms with van der Waals surface area (Å²) >= 11 is 0. The van der Waals surface area contributed by atoms with Gasteiger partial charge in [0.25, 0.3) is 0 Å². The van der Waals surface area contributed by atoms with Crippen molar-refractivity contribution in [1.82, 2.24) is 10.6 Å². The monoisotopic (exact) mass is 293 g/mol. The molecule has 1 rings (SSSR count). The summed E-state index contributed by atoms with van der Waals surface area (Å²) < 4.78 is 5.21. The van der Waals surface area contributed by atoms with E-state index < -0.39 is 0 Å². The van der Waals surface area contributed by atoms with E-state index in [0.29, 0.717) is 19.7 Å². The molecular weight excluding hydrogens is 266 g/mol. The Labute approximate surface area is 127 Å². The van der Waals surface area contributed by atoms with Gasteiger partial charge >= 0.3 is 6.03 Å². The molecule has 21 heavy (non-hydrogen) atoms. The molecule has 0 fully saturated rings. The van der Waals surface area contributed by atoms with Gasteiger partial charge in [0.2, 0.25) is 0 Å². The number of amides is 2. The third kappa shape index (κ3) is 7.56. The third-order valence-electron chi connectivity index (χ3n) is 3.11. The van der Waals surface area contributed by atoms with Gasteiger partial charge in [-0.2, -0.15) is 0 Å². The molecule has 0 unspecified atom stereocenters. The van der Waals surface area contributed by atoms with E-state index >= 15 is 0 Å². The van der Waals surface area contributed by atoms with Crippen molar-refractivity contribution in [2.24, 2.45) is 0 Å². The van der Waals surface area contributed by atoms with Crippen LogP contribution in [0.25, 0.3) is 0 Å². The molecule has 0 aliphatic carbocycles. The van der Waals surface area contributed by atoms with Gasteiger partial charge in [-0.15, -0.1) is 0 Å². The highest BCUT2D eigenvalue weighted by molar-refractivity contribution is 5.73. The molecule has 0 atom stereocenters. The summed E-state index contributed by atoms with van der Waals surface area (Å²) in [6, 6.07) is 8.25. The van der Waals surface area contributed by atoms with Crippen LogP contribution in [0.3, 0.4) is 0 Å². The van der Waals surface area contributed by atoms with Crippen molar-refractivity contribution in [3.8, 4) is 0 Å². The molecule has 0 radical (unpaired) electrons. The molecule has 1 aromatic carbocycles. The predicted molar refractivity (Wildman–Crippen MR) is 87.0 cm³/mol. The minimum atomic E-state index is -0.114. The Morgan fingerprint density at radius 1 is 1.14 bits per heavy atom. The van der Waals surface area contributed by atoms with Crippen LogP contribution in [0.2, 0.25) is 0 Å². The van der Waals surface area contributed by atoms with Crippen LogP contribution in [-0.2, 0) is 11.2 Å². The van der Waals surface area contributed by atoms with E-state index in [2.05, 4.69) is 39.8 Å². The van der Waals surface area contributed by atoms with Crippen molar-refractivity contribution in [3.05, 3.63) is 29.8 Å². The Kier molecular flexibility index (Phi) is 8.28. The van der Waals surface area contributed by atoms with Crippen LogP contribution in [0, 0.1) is 0 Å². The summed E-state index contributed by atoms with van der Waals surface area (Å²) in [4.78, 5) is 13.6. The Morgan fingerprint density at radius 3 is 2.43 bits per heavy atom. The first kappa shape index (κ1) is 17.3. The van der Waals surface area contributed by atoms with Crippen molar-refractivity contribution in [3.63, 3.8) is 0 Å². The first-order valence-corrected chi connectivity index (χ1v) is 7.49. The van der Waals surface area contributed by atoms with Gasteiger partial charge in [0.1, 0.15) is 0 Å². The molecule has 5 heteroatoms. The van der Waals surface area contributed by atoms with Crippen LogP contribution < -0.4 is 15.5 Å². The lowest BCUT2D eigenvalue weighted by Crippen LogP contribution is -2.37. The van der Waals surface area contributed by atoms with Crippen molar-refractivity contribution < 1.29 is 9.53 Å². The van der Waals surface area contributed by atoms with E-state index in [4.69, 9.17) is 4.74 Å². The SMILES string of the molecule is CCOCCCNC(=O)NCCc1ccc(N(C)C)cc1. The van der Waals surface area contributed by atoms with Crippen molar-refractivity contribution >= 4 is 11.7 Å². The molecule has 0 aliphatic rings. The summed E-state index contributed by atoms with van der Waals surface area (Å²) in [7, 11) is 4.04. The fourth-order valence-corrected chi connectivity index (χ4v) is 1.86. The molecule has 0 heterocycles. The zero-order chi connectivity index (χ0) is 15.5. The normalized spacial score (nSPS) is 10.2. The summed E-state index contributed by atoms with van der Waals surface area (Å²) in [5, 5.41) is 5.67. The Balaban J connectivity index is 2.13. The van der Waals surface area contributed by atoms with E-state index in [9.17, 15) is 4.79 Å². The van der Waals surface area contributed by atoms with E-state index in [1.165, 1.54) is 11.3 Å². The second kappa shape index (κ2) is 10.0. The number of ether oxygens (including phenoxy) is 1. The zero-order valence-electron chi connectivity index (χ0n) is 13.3. The van der Waals surface area contributed by atoms with Crippen LogP contribution in [0.15, 0.2) is 24.3 Å². The van der Waals surface area contributed by atoms with Gasteiger partial charge in [-0.25, -0.2) is 4.79 Å². The second-order valence-electron chi connectivity index (χ2n) is 5.04. The average Bonchev–Trinajstić information content (AvgIpc) is 2.47. The second-order valence-corrected chi connectivity index (χ2v) is 5.04. The highest BCUT2D eigenvalue weighted by Crippen LogP contribution is 2.12. The number of anilines is 1. The number of urea groups is 1. The van der Waals surface area contributed by atoms with Gasteiger partial charge in [0.15, 0.2) is 0 Å². The van der Waals surface area contributed by atoms with E-state index in [-0.39, 0.29) is 6.03 Å². The van der Waals surface area contributed by atoms with Crippen molar-refractivity contribution in [2.45, 2.75) is 19.8 Å². The van der Waals surface area contributed by atoms with Gasteiger partial charge in [0, 0.05) is 46.1 Å². The van der Waals surface area contributed by atoms with Crippen LogP contribution in [0.4, 0.5) is 10.5 Å². The van der Waals surface area contributed by atoms with Crippen LogP contribution >= 0.6 is 0 Å². The molecule has 0 aromatic heterocycles. The molecule has 2 N–H and O–H groups in total. The lowest BCUT2D eigenvalue weighted by molar-refractivity contribution is 0.145. The number of hydrogen-bond acceptors (Lipinski definition) is 3. The lowest BCUT2D eigenvalue weighted by Gasteiger charge is -2.13. The number of rotatable bonds is 9. The van der Waals surface area contributed by atoms with Gasteiger partial charge in [-0.1, -0.05) is 12.1 Å². The third-order valence-corrected chi connectivity index (χ3v) is 3.11. The molecule has 0 saturated carbocycles. The number of hydrogen-bond donors (Lipinski definition) is 2. The Bertz CT molecular complexity index is 404. The largest absolute Gasteiger partial charge is 0.382 e. The Morgan fingerprint density at radius 2 is 1.81 bits per heavy atom. The van der Waals surface area contributed by atoms with Crippen LogP contribution in [-0.4, -0.2) is 46.4 Å². The number of nitrogens with one attached hydrogen (secondary N) is 2. The summed E-state index contributed by atoms with van der Waals surface area (Å²) in [6.07, 6.45) is 1.67. The fourth-order valence-electron chi connectivity index (χ4n) is 1.86. The lowest BCUT2D eigenvalue weighted by atomic mass is 10.1. The molecule has 1 aromatic rings. The average molecular weight is 293 g/mol. The molecule has 2 amide bonds. The highest BCUT2D eigenvalue weighted by Gasteiger charge is 2.00. The maximum absolute atomic E-state index is 11.5. The number of carbonyl (C=O) groups excluding carboxylic acids is 1. The standard InChI is InChI=1S/C16H27N3O2/c1-4-21-13-5-11-17-16(20)18-12-10-14-6-8-15(9-7-14)19(2)3/h6-9H,4-5,10-13H2,1-3H3,(H2,17,18,20). The quantitative estimate of drug-likeness (QED) is 0.685. The maximum atomic E-state index is 11.5. The van der Waals surface area contributed by atoms with Gasteiger partial charge in [-0.05, 0) is 37.5 Å². The molecular formula is C16H27N3O2. The highest BCUT2D eigenvalue weighted by atomic mass is 16.5. The minimum Gasteiger partial charge on any atom is -0.382 e. The predicted octanol–water partition coefficient (Wildman–Crippen LogP) is 2.02. The summed E-state index contributed by atoms with van der Waals surface area (Å²) in [6.45, 7) is 4.65. The van der Waals surface area contributed by atoms with Gasteiger partial charge < -0.3 is 20.3 Å². The van der Waals surface area contributed by atoms with E-state index in [1.807, 2.05) is 21.0 Å². The first-order chi connectivity index (χ1) is 10.1. The van der Waals surface area contributed by atoms with Gasteiger partial charge in [0.05, 0.1) is 0 Å². The van der Waals surface area contributed by atoms with Gasteiger partial charge in [-0.3, -0.25) is 0 Å². The molecule has 0 saturated heterocycles. The zero-order valence-corrected chi connectivity index (χ0v) is 13.3. The topological polar surface area (TPSA) is 53.6 Å². The Hall–Kier alpha value is -1.75. The van der Waals surface area contributed by atoms with Crippen LogP contribution in [0.5, 0.6) is 0 Å². The number of carbonyl (C=O) groups is 1. The van der Waals surface area contributed by atoms with Crippen LogP contribution in [0.1, 0.15) is 18.9 Å². The van der Waals surface area contributed by atoms with E-state index in [1.54, 1.807) is 0 Å². The molecule has 0 bridgehead atoms. The smallest absolute Gasteiger partial charge is 0.314 e. The fraction of sp³-hybridized carbons (Fsp3) is 0.562. The minimum absolute atomic E-state index is 0.114. The summed E-state index contributed by atoms with van der Waals surface area (Å²) in [5.74, 6) is 0.